The van der Waals surface area contributed by atoms with E-state index < -0.39 is 0 Å². The van der Waals surface area contributed by atoms with E-state index in [1.807, 2.05) is 36.4 Å². The molecule has 26 heavy (non-hydrogen) atoms. The normalized spacial score (nSPS) is 12.7. The van der Waals surface area contributed by atoms with Crippen LogP contribution in [-0.4, -0.2) is 17.4 Å². The minimum Gasteiger partial charge on any atom is -0.348 e. The fourth-order valence-electron chi connectivity index (χ4n) is 3.17. The van der Waals surface area contributed by atoms with Crippen molar-refractivity contribution in [3.05, 3.63) is 88.6 Å². The summed E-state index contributed by atoms with van der Waals surface area (Å²) in [5.41, 5.74) is 4.09. The molecule has 0 unspecified atom stereocenters. The Labute approximate surface area is 157 Å². The largest absolute Gasteiger partial charge is 0.348 e. The van der Waals surface area contributed by atoms with Gasteiger partial charge in [-0.15, -0.1) is 0 Å². The molecule has 130 valence electrons. The highest BCUT2D eigenvalue weighted by Gasteiger charge is 2.21. The van der Waals surface area contributed by atoms with Crippen molar-refractivity contribution in [2.45, 2.75) is 13.0 Å². The predicted molar refractivity (Wildman–Crippen MR) is 104 cm³/mol. The van der Waals surface area contributed by atoms with Gasteiger partial charge in [-0.25, -0.2) is 4.98 Å². The molecule has 1 amide bonds. The zero-order valence-corrected chi connectivity index (χ0v) is 14.9. The number of benzene rings is 2. The first kappa shape index (κ1) is 16.6. The van der Waals surface area contributed by atoms with Gasteiger partial charge < -0.3 is 10.2 Å². The Kier molecular flexibility index (Phi) is 4.59. The second-order valence-corrected chi connectivity index (χ2v) is 6.68. The van der Waals surface area contributed by atoms with E-state index >= 15 is 0 Å². The average Bonchev–Trinajstić information content (AvgIpc) is 3.11. The molecule has 0 radical (unpaired) electrons. The van der Waals surface area contributed by atoms with E-state index in [1.54, 1.807) is 12.3 Å². The monoisotopic (exact) mass is 363 g/mol. The molecular weight excluding hydrogens is 346 g/mol. The van der Waals surface area contributed by atoms with Crippen molar-refractivity contribution in [2.24, 2.45) is 0 Å². The highest BCUT2D eigenvalue weighted by molar-refractivity contribution is 6.30. The summed E-state index contributed by atoms with van der Waals surface area (Å²) in [7, 11) is 0. The lowest BCUT2D eigenvalue weighted by molar-refractivity contribution is 0.0951. The Morgan fingerprint density at radius 3 is 2.77 bits per heavy atom. The van der Waals surface area contributed by atoms with Gasteiger partial charge in [0.2, 0.25) is 0 Å². The molecule has 0 fully saturated rings. The highest BCUT2D eigenvalue weighted by Crippen LogP contribution is 2.33. The van der Waals surface area contributed by atoms with Crippen LogP contribution in [0.25, 0.3) is 0 Å². The number of carbonyl (C=O) groups excluding carboxylic acids is 1. The summed E-state index contributed by atoms with van der Waals surface area (Å²) < 4.78 is 0. The lowest BCUT2D eigenvalue weighted by atomic mass is 10.2. The molecule has 0 atom stereocenters. The topological polar surface area (TPSA) is 45.2 Å². The molecule has 1 aromatic heterocycles. The number of carbonyl (C=O) groups is 1. The molecule has 1 aliphatic heterocycles. The molecule has 0 saturated carbocycles. The average molecular weight is 364 g/mol. The number of rotatable bonds is 4. The number of para-hydroxylation sites is 1. The van der Waals surface area contributed by atoms with E-state index in [4.69, 9.17) is 11.6 Å². The summed E-state index contributed by atoms with van der Waals surface area (Å²) in [4.78, 5) is 19.1. The molecule has 1 aliphatic rings. The Balaban J connectivity index is 1.49. The van der Waals surface area contributed by atoms with Crippen LogP contribution >= 0.6 is 11.6 Å². The molecule has 0 spiro atoms. The molecule has 3 aromatic rings. The maximum atomic E-state index is 12.5. The predicted octanol–water partition coefficient (Wildman–Crippen LogP) is 4.36. The Bertz CT molecular complexity index is 940. The van der Waals surface area contributed by atoms with E-state index in [-0.39, 0.29) is 5.91 Å². The summed E-state index contributed by atoms with van der Waals surface area (Å²) in [5.74, 6) is 0.685. The van der Waals surface area contributed by atoms with Gasteiger partial charge in [-0.3, -0.25) is 4.79 Å². The summed E-state index contributed by atoms with van der Waals surface area (Å²) >= 11 is 5.89. The number of halogens is 1. The lowest BCUT2D eigenvalue weighted by Crippen LogP contribution is -2.23. The van der Waals surface area contributed by atoms with Gasteiger partial charge in [0, 0.05) is 35.6 Å². The Morgan fingerprint density at radius 2 is 1.92 bits per heavy atom. The van der Waals surface area contributed by atoms with E-state index in [1.165, 1.54) is 11.3 Å². The van der Waals surface area contributed by atoms with Crippen molar-refractivity contribution in [1.29, 1.82) is 0 Å². The first-order valence-corrected chi connectivity index (χ1v) is 8.93. The van der Waals surface area contributed by atoms with Crippen LogP contribution in [0.4, 0.5) is 11.5 Å². The van der Waals surface area contributed by atoms with Crippen LogP contribution in [0, 0.1) is 0 Å². The molecular formula is C21H18ClN3O. The number of amides is 1. The van der Waals surface area contributed by atoms with E-state index in [9.17, 15) is 4.79 Å². The van der Waals surface area contributed by atoms with Gasteiger partial charge in [0.15, 0.2) is 0 Å². The number of hydrogen-bond donors (Lipinski definition) is 1. The molecule has 0 saturated heterocycles. The number of anilines is 2. The zero-order valence-electron chi connectivity index (χ0n) is 14.2. The molecule has 1 N–H and O–H groups in total. The van der Waals surface area contributed by atoms with Gasteiger partial charge in [0.1, 0.15) is 5.82 Å². The number of nitrogens with zero attached hydrogens (tertiary/aromatic N) is 2. The minimum atomic E-state index is -0.115. The van der Waals surface area contributed by atoms with Gasteiger partial charge >= 0.3 is 0 Å². The molecule has 2 heterocycles. The third-order valence-corrected chi connectivity index (χ3v) is 4.79. The molecule has 4 nitrogen and oxygen atoms in total. The van der Waals surface area contributed by atoms with Crippen molar-refractivity contribution in [3.8, 4) is 0 Å². The molecule has 0 aliphatic carbocycles. The third kappa shape index (κ3) is 3.41. The van der Waals surface area contributed by atoms with E-state index in [2.05, 4.69) is 33.4 Å². The number of hydrogen-bond acceptors (Lipinski definition) is 3. The maximum absolute atomic E-state index is 12.5. The maximum Gasteiger partial charge on any atom is 0.251 e. The van der Waals surface area contributed by atoms with E-state index in [0.717, 1.165) is 24.3 Å². The van der Waals surface area contributed by atoms with Crippen molar-refractivity contribution >= 4 is 29.0 Å². The summed E-state index contributed by atoms with van der Waals surface area (Å²) in [5, 5.41) is 3.63. The van der Waals surface area contributed by atoms with Crippen LogP contribution < -0.4 is 10.2 Å². The van der Waals surface area contributed by atoms with Gasteiger partial charge in [-0.05, 0) is 47.9 Å². The van der Waals surface area contributed by atoms with Crippen molar-refractivity contribution in [2.75, 3.05) is 11.4 Å². The van der Waals surface area contributed by atoms with E-state index in [0.29, 0.717) is 17.1 Å². The second kappa shape index (κ2) is 7.18. The number of nitrogens with one attached hydrogen (secondary N) is 1. The standard InChI is InChI=1S/C21H18ClN3O/c22-18-7-5-15(6-8-18)14-24-21(26)17-9-11-23-20(13-17)25-12-10-16-3-1-2-4-19(16)25/h1-9,11,13H,10,12,14H2,(H,24,26). The van der Waals surface area contributed by atoms with Crippen LogP contribution in [0.2, 0.25) is 5.02 Å². The third-order valence-electron chi connectivity index (χ3n) is 4.54. The summed E-state index contributed by atoms with van der Waals surface area (Å²) in [6.07, 6.45) is 2.68. The van der Waals surface area contributed by atoms with Gasteiger partial charge in [-0.1, -0.05) is 41.9 Å². The van der Waals surface area contributed by atoms with Crippen molar-refractivity contribution in [1.82, 2.24) is 10.3 Å². The Morgan fingerprint density at radius 1 is 1.12 bits per heavy atom. The lowest BCUT2D eigenvalue weighted by Gasteiger charge is -2.18. The van der Waals surface area contributed by atoms with Crippen LogP contribution in [0.3, 0.4) is 0 Å². The van der Waals surface area contributed by atoms with Crippen LogP contribution in [0.5, 0.6) is 0 Å². The summed E-state index contributed by atoms with van der Waals surface area (Å²) in [6.45, 7) is 1.34. The van der Waals surface area contributed by atoms with Crippen LogP contribution in [-0.2, 0) is 13.0 Å². The first-order valence-electron chi connectivity index (χ1n) is 8.55. The molecule has 4 rings (SSSR count). The minimum absolute atomic E-state index is 0.115. The number of aromatic nitrogens is 1. The fourth-order valence-corrected chi connectivity index (χ4v) is 3.30. The Hall–Kier alpha value is -2.85. The summed E-state index contributed by atoms with van der Waals surface area (Å²) in [6, 6.07) is 19.3. The first-order chi connectivity index (χ1) is 12.7. The van der Waals surface area contributed by atoms with Gasteiger partial charge in [-0.2, -0.15) is 0 Å². The highest BCUT2D eigenvalue weighted by atomic mass is 35.5. The fraction of sp³-hybridized carbons (Fsp3) is 0.143. The van der Waals surface area contributed by atoms with Crippen molar-refractivity contribution < 1.29 is 4.79 Å². The quantitative estimate of drug-likeness (QED) is 0.749. The smallest absolute Gasteiger partial charge is 0.251 e. The molecule has 5 heteroatoms. The zero-order chi connectivity index (χ0) is 17.9. The number of pyridine rings is 1. The van der Waals surface area contributed by atoms with Gasteiger partial charge in [0.25, 0.3) is 5.91 Å². The van der Waals surface area contributed by atoms with Crippen molar-refractivity contribution in [3.63, 3.8) is 0 Å². The van der Waals surface area contributed by atoms with Crippen LogP contribution in [0.1, 0.15) is 21.5 Å². The van der Waals surface area contributed by atoms with Crippen LogP contribution in [0.15, 0.2) is 66.9 Å². The van der Waals surface area contributed by atoms with Gasteiger partial charge in [0.05, 0.1) is 0 Å². The SMILES string of the molecule is O=C(NCc1ccc(Cl)cc1)c1ccnc(N2CCc3ccccc32)c1. The second-order valence-electron chi connectivity index (χ2n) is 6.24. The molecule has 2 aromatic carbocycles. The number of fused-ring (bicyclic) bond motifs is 1. The molecule has 0 bridgehead atoms.